The van der Waals surface area contributed by atoms with Gasteiger partial charge in [0, 0.05) is 25.3 Å². The molecule has 0 radical (unpaired) electrons. The van der Waals surface area contributed by atoms with Crippen LogP contribution in [0.25, 0.3) is 0 Å². The Kier molecular flexibility index (Phi) is 6.78. The van der Waals surface area contributed by atoms with Crippen LogP contribution in [-0.2, 0) is 11.2 Å². The molecule has 0 atom stereocenters. The third-order valence-electron chi connectivity index (χ3n) is 3.75. The molecule has 0 saturated heterocycles. The summed E-state index contributed by atoms with van der Waals surface area (Å²) in [6.07, 6.45) is 0.344. The summed E-state index contributed by atoms with van der Waals surface area (Å²) in [5.74, 6) is 0.950. The Balaban J connectivity index is 1.99. The topological polar surface area (TPSA) is 58.6 Å². The summed E-state index contributed by atoms with van der Waals surface area (Å²) in [7, 11) is 3.46. The van der Waals surface area contributed by atoms with Crippen molar-refractivity contribution in [1.82, 2.24) is 4.90 Å². The number of carbonyl (C=O) groups excluding carboxylic acids is 2. The fourth-order valence-corrected chi connectivity index (χ4v) is 2.23. The Morgan fingerprint density at radius 3 is 2.38 bits per heavy atom. The lowest BCUT2D eigenvalue weighted by Crippen LogP contribution is -2.23. The van der Waals surface area contributed by atoms with Crippen molar-refractivity contribution < 1.29 is 14.3 Å². The van der Waals surface area contributed by atoms with Crippen LogP contribution in [0.15, 0.2) is 48.5 Å². The van der Waals surface area contributed by atoms with Gasteiger partial charge >= 0.3 is 0 Å². The number of anilines is 1. The summed E-state index contributed by atoms with van der Waals surface area (Å²) in [6, 6.07) is 14.4. The van der Waals surface area contributed by atoms with Crippen LogP contribution in [0, 0.1) is 5.92 Å². The molecule has 26 heavy (non-hydrogen) atoms. The van der Waals surface area contributed by atoms with Crippen molar-refractivity contribution >= 4 is 17.5 Å². The van der Waals surface area contributed by atoms with Crippen LogP contribution in [0.4, 0.5) is 5.69 Å². The van der Waals surface area contributed by atoms with Gasteiger partial charge in [0.2, 0.25) is 5.91 Å². The smallest absolute Gasteiger partial charge is 0.255 e. The summed E-state index contributed by atoms with van der Waals surface area (Å²) in [5, 5.41) is 2.86. The molecule has 0 aliphatic carbocycles. The Bertz CT molecular complexity index is 752. The SMILES string of the molecule is CC(C)COc1cccc(C(=O)Nc2ccc(CC(=O)N(C)C)cc2)c1. The van der Waals surface area contributed by atoms with Crippen LogP contribution in [0.3, 0.4) is 0 Å². The van der Waals surface area contributed by atoms with Crippen molar-refractivity contribution in [3.63, 3.8) is 0 Å². The van der Waals surface area contributed by atoms with E-state index >= 15 is 0 Å². The number of carbonyl (C=O) groups is 2. The van der Waals surface area contributed by atoms with E-state index in [4.69, 9.17) is 4.74 Å². The first-order valence-corrected chi connectivity index (χ1v) is 8.68. The molecule has 0 spiro atoms. The maximum Gasteiger partial charge on any atom is 0.255 e. The number of ether oxygens (including phenoxy) is 1. The summed E-state index contributed by atoms with van der Waals surface area (Å²) in [5.41, 5.74) is 2.13. The van der Waals surface area contributed by atoms with Gasteiger partial charge in [0.05, 0.1) is 13.0 Å². The molecular formula is C21H26N2O3. The largest absolute Gasteiger partial charge is 0.493 e. The molecule has 2 rings (SSSR count). The van der Waals surface area contributed by atoms with E-state index in [1.165, 1.54) is 0 Å². The van der Waals surface area contributed by atoms with Gasteiger partial charge in [-0.2, -0.15) is 0 Å². The van der Waals surface area contributed by atoms with Crippen molar-refractivity contribution in [1.29, 1.82) is 0 Å². The highest BCUT2D eigenvalue weighted by Gasteiger charge is 2.09. The number of nitrogens with zero attached hydrogens (tertiary/aromatic N) is 1. The van der Waals surface area contributed by atoms with Gasteiger partial charge in [-0.15, -0.1) is 0 Å². The lowest BCUT2D eigenvalue weighted by Gasteiger charge is -2.11. The molecule has 0 heterocycles. The van der Waals surface area contributed by atoms with Gasteiger partial charge in [-0.05, 0) is 41.8 Å². The Labute approximate surface area is 155 Å². The van der Waals surface area contributed by atoms with Crippen LogP contribution in [0.5, 0.6) is 5.75 Å². The van der Waals surface area contributed by atoms with Crippen molar-refractivity contribution in [3.05, 3.63) is 59.7 Å². The number of benzene rings is 2. The fraction of sp³-hybridized carbons (Fsp3) is 0.333. The van der Waals surface area contributed by atoms with Crippen molar-refractivity contribution in [2.45, 2.75) is 20.3 Å². The lowest BCUT2D eigenvalue weighted by atomic mass is 10.1. The van der Waals surface area contributed by atoms with E-state index in [0.29, 0.717) is 35.9 Å². The van der Waals surface area contributed by atoms with E-state index < -0.39 is 0 Å². The molecular weight excluding hydrogens is 328 g/mol. The summed E-state index contributed by atoms with van der Waals surface area (Å²) >= 11 is 0. The van der Waals surface area contributed by atoms with E-state index in [9.17, 15) is 9.59 Å². The highest BCUT2D eigenvalue weighted by Crippen LogP contribution is 2.17. The fourth-order valence-electron chi connectivity index (χ4n) is 2.23. The van der Waals surface area contributed by atoms with Gasteiger partial charge in [-0.25, -0.2) is 0 Å². The second-order valence-corrected chi connectivity index (χ2v) is 6.85. The average molecular weight is 354 g/mol. The van der Waals surface area contributed by atoms with E-state index in [0.717, 1.165) is 5.56 Å². The second-order valence-electron chi connectivity index (χ2n) is 6.85. The van der Waals surface area contributed by atoms with Crippen LogP contribution in [0.1, 0.15) is 29.8 Å². The molecule has 0 bridgehead atoms. The average Bonchev–Trinajstić information content (AvgIpc) is 2.61. The number of rotatable bonds is 7. The van der Waals surface area contributed by atoms with E-state index in [1.54, 1.807) is 49.3 Å². The molecule has 0 unspecified atom stereocenters. The first-order valence-electron chi connectivity index (χ1n) is 8.68. The molecule has 0 aromatic heterocycles. The normalized spacial score (nSPS) is 10.5. The molecule has 5 heteroatoms. The number of amides is 2. The molecule has 0 fully saturated rings. The third-order valence-corrected chi connectivity index (χ3v) is 3.75. The molecule has 1 N–H and O–H groups in total. The minimum absolute atomic E-state index is 0.0417. The summed E-state index contributed by atoms with van der Waals surface area (Å²) in [6.45, 7) is 4.76. The van der Waals surface area contributed by atoms with E-state index in [-0.39, 0.29) is 11.8 Å². The zero-order valence-electron chi connectivity index (χ0n) is 15.8. The molecule has 5 nitrogen and oxygen atoms in total. The van der Waals surface area contributed by atoms with Gasteiger partial charge in [-0.3, -0.25) is 9.59 Å². The predicted molar refractivity (Wildman–Crippen MR) is 104 cm³/mol. The highest BCUT2D eigenvalue weighted by molar-refractivity contribution is 6.04. The molecule has 138 valence electrons. The van der Waals surface area contributed by atoms with Crippen LogP contribution >= 0.6 is 0 Å². The van der Waals surface area contributed by atoms with Crippen molar-refractivity contribution in [2.75, 3.05) is 26.0 Å². The molecule has 2 aromatic carbocycles. The van der Waals surface area contributed by atoms with Gasteiger partial charge < -0.3 is 15.0 Å². The Morgan fingerprint density at radius 1 is 1.08 bits per heavy atom. The van der Waals surface area contributed by atoms with Crippen molar-refractivity contribution in [2.24, 2.45) is 5.92 Å². The van der Waals surface area contributed by atoms with E-state index in [2.05, 4.69) is 19.2 Å². The maximum atomic E-state index is 12.4. The Hall–Kier alpha value is -2.82. The van der Waals surface area contributed by atoms with Crippen LogP contribution in [0.2, 0.25) is 0 Å². The Morgan fingerprint density at radius 2 is 1.77 bits per heavy atom. The third kappa shape index (κ3) is 5.92. The first-order chi connectivity index (χ1) is 12.3. The number of likely N-dealkylation sites (N-methyl/N-ethyl adjacent to an activating group) is 1. The lowest BCUT2D eigenvalue weighted by molar-refractivity contribution is -0.127. The van der Waals surface area contributed by atoms with Gasteiger partial charge in [0.15, 0.2) is 0 Å². The quantitative estimate of drug-likeness (QED) is 0.826. The summed E-state index contributed by atoms with van der Waals surface area (Å²) in [4.78, 5) is 25.7. The van der Waals surface area contributed by atoms with Crippen molar-refractivity contribution in [3.8, 4) is 5.75 Å². The number of hydrogen-bond acceptors (Lipinski definition) is 3. The zero-order valence-corrected chi connectivity index (χ0v) is 15.8. The number of nitrogens with one attached hydrogen (secondary N) is 1. The zero-order chi connectivity index (χ0) is 19.1. The maximum absolute atomic E-state index is 12.4. The minimum Gasteiger partial charge on any atom is -0.493 e. The predicted octanol–water partition coefficient (Wildman–Crippen LogP) is 3.60. The van der Waals surface area contributed by atoms with E-state index in [1.807, 2.05) is 18.2 Å². The van der Waals surface area contributed by atoms with Crippen LogP contribution in [-0.4, -0.2) is 37.4 Å². The monoisotopic (exact) mass is 354 g/mol. The molecule has 0 aliphatic rings. The molecule has 2 amide bonds. The second kappa shape index (κ2) is 9.04. The molecule has 0 saturated carbocycles. The van der Waals surface area contributed by atoms with Crippen LogP contribution < -0.4 is 10.1 Å². The van der Waals surface area contributed by atoms with Gasteiger partial charge in [0.25, 0.3) is 5.91 Å². The minimum atomic E-state index is -0.197. The standard InChI is InChI=1S/C21H26N2O3/c1-15(2)14-26-19-7-5-6-17(13-19)21(25)22-18-10-8-16(9-11-18)12-20(24)23(3)4/h5-11,13,15H,12,14H2,1-4H3,(H,22,25). The number of hydrogen-bond donors (Lipinski definition) is 1. The molecule has 0 aliphatic heterocycles. The summed E-state index contributed by atoms with van der Waals surface area (Å²) < 4.78 is 5.66. The van der Waals surface area contributed by atoms with Gasteiger partial charge in [0.1, 0.15) is 5.75 Å². The van der Waals surface area contributed by atoms with Gasteiger partial charge in [-0.1, -0.05) is 32.0 Å². The highest BCUT2D eigenvalue weighted by atomic mass is 16.5. The molecule has 2 aromatic rings. The first kappa shape index (κ1) is 19.5.